The lowest BCUT2D eigenvalue weighted by molar-refractivity contribution is 0.0951. The fraction of sp³-hybridized carbons (Fsp3) is 0.250. The van der Waals surface area contributed by atoms with Gasteiger partial charge in [-0.1, -0.05) is 36.4 Å². The van der Waals surface area contributed by atoms with Crippen LogP contribution in [0.25, 0.3) is 16.9 Å². The molecule has 1 aliphatic heterocycles. The third-order valence-electron chi connectivity index (χ3n) is 6.43. The molecule has 2 aromatic carbocycles. The highest BCUT2D eigenvalue weighted by atomic mass is 16.5. The van der Waals surface area contributed by atoms with E-state index in [2.05, 4.69) is 27.1 Å². The molecule has 1 N–H and O–H groups in total. The number of methoxy groups -OCH3 is 1. The van der Waals surface area contributed by atoms with E-state index < -0.39 is 0 Å². The Morgan fingerprint density at radius 1 is 1.00 bits per heavy atom. The molecular formula is C28H30N6O2. The minimum absolute atomic E-state index is 0.191. The van der Waals surface area contributed by atoms with Gasteiger partial charge in [0.1, 0.15) is 17.3 Å². The summed E-state index contributed by atoms with van der Waals surface area (Å²) >= 11 is 0. The lowest BCUT2D eigenvalue weighted by Gasteiger charge is -2.34. The lowest BCUT2D eigenvalue weighted by Crippen LogP contribution is -2.45. The van der Waals surface area contributed by atoms with E-state index in [-0.39, 0.29) is 5.91 Å². The molecule has 1 saturated heterocycles. The van der Waals surface area contributed by atoms with E-state index in [0.717, 1.165) is 48.8 Å². The average Bonchev–Trinajstić information content (AvgIpc) is 3.39. The van der Waals surface area contributed by atoms with Crippen LogP contribution < -0.4 is 15.0 Å². The Balaban J connectivity index is 1.42. The van der Waals surface area contributed by atoms with Crippen molar-refractivity contribution in [3.05, 3.63) is 90.3 Å². The number of nitrogens with one attached hydrogen (secondary N) is 1. The minimum atomic E-state index is -0.191. The highest BCUT2D eigenvalue weighted by Crippen LogP contribution is 2.27. The second-order valence-electron chi connectivity index (χ2n) is 8.86. The Morgan fingerprint density at radius 2 is 1.81 bits per heavy atom. The predicted octanol–water partition coefficient (Wildman–Crippen LogP) is 3.62. The summed E-state index contributed by atoms with van der Waals surface area (Å²) in [4.78, 5) is 22.7. The van der Waals surface area contributed by atoms with Gasteiger partial charge >= 0.3 is 0 Å². The van der Waals surface area contributed by atoms with Gasteiger partial charge < -0.3 is 19.9 Å². The Bertz CT molecular complexity index is 1330. The second-order valence-corrected chi connectivity index (χ2v) is 8.86. The van der Waals surface area contributed by atoms with Gasteiger partial charge in [-0.15, -0.1) is 0 Å². The zero-order valence-electron chi connectivity index (χ0n) is 20.6. The third kappa shape index (κ3) is 5.08. The largest absolute Gasteiger partial charge is 0.497 e. The summed E-state index contributed by atoms with van der Waals surface area (Å²) in [6.07, 6.45) is 3.59. The van der Waals surface area contributed by atoms with Crippen molar-refractivity contribution in [2.24, 2.45) is 0 Å². The number of amides is 1. The number of para-hydroxylation sites is 1. The Kier molecular flexibility index (Phi) is 6.95. The van der Waals surface area contributed by atoms with Crippen LogP contribution >= 0.6 is 0 Å². The van der Waals surface area contributed by atoms with Gasteiger partial charge in [-0.2, -0.15) is 5.10 Å². The number of hydrogen-bond acceptors (Lipinski definition) is 6. The van der Waals surface area contributed by atoms with Crippen molar-refractivity contribution in [2.75, 3.05) is 45.2 Å². The third-order valence-corrected chi connectivity index (χ3v) is 6.43. The van der Waals surface area contributed by atoms with Crippen LogP contribution in [0.5, 0.6) is 5.75 Å². The van der Waals surface area contributed by atoms with Crippen molar-refractivity contribution in [1.29, 1.82) is 0 Å². The second kappa shape index (κ2) is 10.6. The number of ether oxygens (including phenoxy) is 1. The van der Waals surface area contributed by atoms with E-state index in [9.17, 15) is 4.79 Å². The monoisotopic (exact) mass is 482 g/mol. The normalized spacial score (nSPS) is 14.0. The van der Waals surface area contributed by atoms with Gasteiger partial charge in [0.15, 0.2) is 0 Å². The summed E-state index contributed by atoms with van der Waals surface area (Å²) in [5.74, 6) is 1.45. The van der Waals surface area contributed by atoms with Crippen LogP contribution in [0.4, 0.5) is 5.82 Å². The van der Waals surface area contributed by atoms with Crippen molar-refractivity contribution in [2.45, 2.75) is 6.54 Å². The van der Waals surface area contributed by atoms with Crippen LogP contribution in [0.3, 0.4) is 0 Å². The standard InChI is InChI=1S/C28H30N6O2/c1-32-14-16-33(17-15-32)27-22(9-7-13-29-27)19-30-28(35)25-20-34(23-10-4-3-5-11-23)31-26(25)21-8-6-12-24(18-21)36-2/h3-13,18,20H,14-17,19H2,1-2H3,(H,30,35). The van der Waals surface area contributed by atoms with E-state index in [4.69, 9.17) is 9.84 Å². The molecule has 0 bridgehead atoms. The van der Waals surface area contributed by atoms with Crippen LogP contribution in [0.1, 0.15) is 15.9 Å². The van der Waals surface area contributed by atoms with Gasteiger partial charge in [-0.3, -0.25) is 4.79 Å². The molecule has 5 rings (SSSR count). The summed E-state index contributed by atoms with van der Waals surface area (Å²) in [5, 5.41) is 7.88. The predicted molar refractivity (Wildman–Crippen MR) is 141 cm³/mol. The molecule has 1 aliphatic rings. The number of carbonyl (C=O) groups excluding carboxylic acids is 1. The van der Waals surface area contributed by atoms with Crippen molar-refractivity contribution in [3.63, 3.8) is 0 Å². The maximum Gasteiger partial charge on any atom is 0.255 e. The van der Waals surface area contributed by atoms with Gasteiger partial charge in [0.25, 0.3) is 5.91 Å². The fourth-order valence-corrected chi connectivity index (χ4v) is 4.38. The molecule has 184 valence electrons. The van der Waals surface area contributed by atoms with Crippen LogP contribution in [0, 0.1) is 0 Å². The maximum absolute atomic E-state index is 13.5. The average molecular weight is 483 g/mol. The number of carbonyl (C=O) groups is 1. The van der Waals surface area contributed by atoms with E-state index >= 15 is 0 Å². The number of aromatic nitrogens is 3. The van der Waals surface area contributed by atoms with Crippen molar-refractivity contribution < 1.29 is 9.53 Å². The highest BCUT2D eigenvalue weighted by molar-refractivity contribution is 6.00. The molecule has 1 amide bonds. The number of likely N-dealkylation sites (N-methyl/N-ethyl adjacent to an activating group) is 1. The molecule has 0 aliphatic carbocycles. The van der Waals surface area contributed by atoms with Crippen LogP contribution in [0.15, 0.2) is 79.1 Å². The topological polar surface area (TPSA) is 75.5 Å². The van der Waals surface area contributed by atoms with Gasteiger partial charge in [0.05, 0.1) is 18.4 Å². The number of nitrogens with zero attached hydrogens (tertiary/aromatic N) is 5. The van der Waals surface area contributed by atoms with Gasteiger partial charge in [-0.25, -0.2) is 9.67 Å². The zero-order valence-corrected chi connectivity index (χ0v) is 20.6. The zero-order chi connectivity index (χ0) is 24.9. The number of pyridine rings is 1. The van der Waals surface area contributed by atoms with Crippen LogP contribution in [-0.4, -0.2) is 65.9 Å². The number of benzene rings is 2. The smallest absolute Gasteiger partial charge is 0.255 e. The molecule has 0 atom stereocenters. The quantitative estimate of drug-likeness (QED) is 0.434. The maximum atomic E-state index is 13.5. The number of rotatable bonds is 7. The molecule has 0 saturated carbocycles. The van der Waals surface area contributed by atoms with Crippen molar-refractivity contribution in [1.82, 2.24) is 25.0 Å². The molecular weight excluding hydrogens is 452 g/mol. The van der Waals surface area contributed by atoms with Crippen LogP contribution in [-0.2, 0) is 6.54 Å². The van der Waals surface area contributed by atoms with E-state index in [1.807, 2.05) is 72.9 Å². The molecule has 0 unspecified atom stereocenters. The van der Waals surface area contributed by atoms with Gasteiger partial charge in [0, 0.05) is 56.2 Å². The summed E-state index contributed by atoms with van der Waals surface area (Å²) in [5.41, 5.74) is 3.78. The first kappa shape index (κ1) is 23.6. The van der Waals surface area contributed by atoms with Gasteiger partial charge in [0.2, 0.25) is 0 Å². The van der Waals surface area contributed by atoms with Crippen molar-refractivity contribution in [3.8, 4) is 22.7 Å². The Morgan fingerprint density at radius 3 is 2.58 bits per heavy atom. The number of anilines is 1. The molecule has 36 heavy (non-hydrogen) atoms. The first-order chi connectivity index (χ1) is 17.6. The molecule has 0 spiro atoms. The SMILES string of the molecule is COc1cccc(-c2nn(-c3ccccc3)cc2C(=O)NCc2cccnc2N2CCN(C)CC2)c1. The van der Waals surface area contributed by atoms with E-state index in [1.54, 1.807) is 18.0 Å². The molecule has 8 nitrogen and oxygen atoms in total. The summed E-state index contributed by atoms with van der Waals surface area (Å²) in [6.45, 7) is 4.19. The molecule has 0 radical (unpaired) electrons. The molecule has 2 aromatic heterocycles. The molecule has 4 aromatic rings. The lowest BCUT2D eigenvalue weighted by atomic mass is 10.1. The summed E-state index contributed by atoms with van der Waals surface area (Å²) < 4.78 is 7.14. The molecule has 1 fully saturated rings. The Hall–Kier alpha value is -4.17. The Labute approximate surface area is 211 Å². The molecule has 8 heteroatoms. The summed E-state index contributed by atoms with van der Waals surface area (Å²) in [6, 6.07) is 21.3. The van der Waals surface area contributed by atoms with Crippen LogP contribution in [0.2, 0.25) is 0 Å². The van der Waals surface area contributed by atoms with E-state index in [1.165, 1.54) is 0 Å². The first-order valence-electron chi connectivity index (χ1n) is 12.1. The highest BCUT2D eigenvalue weighted by Gasteiger charge is 2.21. The van der Waals surface area contributed by atoms with E-state index in [0.29, 0.717) is 23.6 Å². The summed E-state index contributed by atoms with van der Waals surface area (Å²) in [7, 11) is 3.76. The number of piperazine rings is 1. The fourth-order valence-electron chi connectivity index (χ4n) is 4.38. The van der Waals surface area contributed by atoms with Gasteiger partial charge in [-0.05, 0) is 37.4 Å². The van der Waals surface area contributed by atoms with Crippen molar-refractivity contribution >= 4 is 11.7 Å². The molecule has 3 heterocycles. The first-order valence-corrected chi connectivity index (χ1v) is 12.1. The minimum Gasteiger partial charge on any atom is -0.497 e. The number of hydrogen-bond donors (Lipinski definition) is 1.